The summed E-state index contributed by atoms with van der Waals surface area (Å²) in [4.78, 5) is 16.8. The van der Waals surface area contributed by atoms with Crippen LogP contribution in [0.3, 0.4) is 0 Å². The van der Waals surface area contributed by atoms with Crippen molar-refractivity contribution in [3.8, 4) is 0 Å². The predicted octanol–water partition coefficient (Wildman–Crippen LogP) is 2.05. The van der Waals surface area contributed by atoms with Gasteiger partial charge in [0.1, 0.15) is 5.82 Å². The third-order valence-corrected chi connectivity index (χ3v) is 5.30. The van der Waals surface area contributed by atoms with Crippen molar-refractivity contribution >= 4 is 5.91 Å². The van der Waals surface area contributed by atoms with E-state index in [-0.39, 0.29) is 23.9 Å². The number of aryl methyl sites for hydroxylation is 1. The van der Waals surface area contributed by atoms with Crippen molar-refractivity contribution < 1.29 is 14.3 Å². The van der Waals surface area contributed by atoms with Crippen LogP contribution in [0.1, 0.15) is 35.2 Å². The summed E-state index contributed by atoms with van der Waals surface area (Å²) in [6.45, 7) is 3.88. The van der Waals surface area contributed by atoms with E-state index in [1.165, 1.54) is 12.5 Å². The molecule has 1 aliphatic heterocycles. The number of amides is 1. The maximum Gasteiger partial charge on any atom is 0.253 e. The molecule has 1 saturated heterocycles. The lowest BCUT2D eigenvalue weighted by Crippen LogP contribution is -2.58. The summed E-state index contributed by atoms with van der Waals surface area (Å²) < 4.78 is 13.4. The Bertz CT molecular complexity index is 582. The minimum Gasteiger partial charge on any atom is -0.390 e. The van der Waals surface area contributed by atoms with E-state index in [0.717, 1.165) is 19.4 Å². The molecule has 1 aromatic rings. The van der Waals surface area contributed by atoms with Crippen molar-refractivity contribution in [1.82, 2.24) is 9.80 Å². The second kappa shape index (κ2) is 6.57. The number of likely N-dealkylation sites (tertiary alicyclic amines) is 1. The number of carbonyl (C=O) groups excluding carboxylic acids is 1. The van der Waals surface area contributed by atoms with E-state index in [1.807, 2.05) is 11.9 Å². The average Bonchev–Trinajstić information content (AvgIpc) is 2.44. The van der Waals surface area contributed by atoms with E-state index in [0.29, 0.717) is 30.1 Å². The summed E-state index contributed by atoms with van der Waals surface area (Å²) in [6.07, 6.45) is 3.31. The maximum absolute atomic E-state index is 13.4. The normalized spacial score (nSPS) is 20.7. The molecule has 0 radical (unpaired) electrons. The molecule has 1 amide bonds. The molecule has 1 aliphatic carbocycles. The van der Waals surface area contributed by atoms with E-state index in [2.05, 4.69) is 4.90 Å². The van der Waals surface area contributed by atoms with E-state index in [4.69, 9.17) is 0 Å². The number of hydrogen-bond acceptors (Lipinski definition) is 3. The van der Waals surface area contributed by atoms with Gasteiger partial charge in [0.05, 0.1) is 6.10 Å². The second-order valence-corrected chi connectivity index (χ2v) is 7.01. The average molecular weight is 320 g/mol. The van der Waals surface area contributed by atoms with Crippen LogP contribution in [0.15, 0.2) is 18.2 Å². The Hall–Kier alpha value is -1.46. The van der Waals surface area contributed by atoms with Crippen LogP contribution in [0.4, 0.5) is 4.39 Å². The standard InChI is InChI=1S/C18H25FN2O2/c1-12-8-14(6-7-16(12)19)18(23)20(2)17(13-4-3-5-13)11-21-9-15(22)10-21/h6-8,13,15,17,22H,3-5,9-11H2,1-2H3/t17-/m1/s1. The monoisotopic (exact) mass is 320 g/mol. The van der Waals surface area contributed by atoms with Crippen LogP contribution in [-0.2, 0) is 0 Å². The first kappa shape index (κ1) is 16.4. The smallest absolute Gasteiger partial charge is 0.253 e. The molecule has 2 aliphatic rings. The molecule has 1 atom stereocenters. The third kappa shape index (κ3) is 3.40. The highest BCUT2D eigenvalue weighted by Crippen LogP contribution is 2.33. The lowest BCUT2D eigenvalue weighted by atomic mass is 9.78. The Kier molecular flexibility index (Phi) is 4.69. The first-order valence-corrected chi connectivity index (χ1v) is 8.39. The summed E-state index contributed by atoms with van der Waals surface area (Å²) in [6, 6.07) is 4.71. The highest BCUT2D eigenvalue weighted by Gasteiger charge is 2.36. The van der Waals surface area contributed by atoms with E-state index >= 15 is 0 Å². The Morgan fingerprint density at radius 1 is 1.43 bits per heavy atom. The van der Waals surface area contributed by atoms with Gasteiger partial charge in [-0.15, -0.1) is 0 Å². The van der Waals surface area contributed by atoms with Crippen LogP contribution in [0, 0.1) is 18.7 Å². The maximum atomic E-state index is 13.4. The fourth-order valence-electron chi connectivity index (χ4n) is 3.50. The minimum atomic E-state index is -0.283. The number of likely N-dealkylation sites (N-methyl/N-ethyl adjacent to an activating group) is 1. The minimum absolute atomic E-state index is 0.0499. The van der Waals surface area contributed by atoms with Crippen molar-refractivity contribution in [2.75, 3.05) is 26.7 Å². The summed E-state index contributed by atoms with van der Waals surface area (Å²) in [5.74, 6) is 0.198. The summed E-state index contributed by atoms with van der Waals surface area (Å²) in [5.41, 5.74) is 1.04. The SMILES string of the molecule is Cc1cc(C(=O)N(C)[C@H](CN2CC(O)C2)C2CCC2)ccc1F. The lowest BCUT2D eigenvalue weighted by Gasteiger charge is -2.45. The topological polar surface area (TPSA) is 43.8 Å². The molecule has 0 aromatic heterocycles. The van der Waals surface area contributed by atoms with Gasteiger partial charge in [-0.25, -0.2) is 4.39 Å². The molecule has 1 aromatic carbocycles. The molecule has 23 heavy (non-hydrogen) atoms. The number of rotatable bonds is 5. The van der Waals surface area contributed by atoms with Crippen molar-refractivity contribution in [2.45, 2.75) is 38.3 Å². The van der Waals surface area contributed by atoms with Gasteiger partial charge in [0.15, 0.2) is 0 Å². The Balaban J connectivity index is 1.72. The van der Waals surface area contributed by atoms with Gasteiger partial charge in [-0.3, -0.25) is 9.69 Å². The highest BCUT2D eigenvalue weighted by atomic mass is 19.1. The molecule has 126 valence electrons. The zero-order valence-electron chi connectivity index (χ0n) is 13.8. The molecule has 3 rings (SSSR count). The number of benzene rings is 1. The van der Waals surface area contributed by atoms with E-state index in [1.54, 1.807) is 19.1 Å². The molecular formula is C18H25FN2O2. The third-order valence-electron chi connectivity index (χ3n) is 5.30. The van der Waals surface area contributed by atoms with Gasteiger partial charge in [-0.1, -0.05) is 6.42 Å². The molecule has 1 N–H and O–H groups in total. The number of aliphatic hydroxyl groups is 1. The fourth-order valence-corrected chi connectivity index (χ4v) is 3.50. The fraction of sp³-hybridized carbons (Fsp3) is 0.611. The van der Waals surface area contributed by atoms with Gasteiger partial charge < -0.3 is 10.0 Å². The Morgan fingerprint density at radius 3 is 2.65 bits per heavy atom. The van der Waals surface area contributed by atoms with Crippen molar-refractivity contribution in [3.63, 3.8) is 0 Å². The number of nitrogens with zero attached hydrogens (tertiary/aromatic N) is 2. The Morgan fingerprint density at radius 2 is 2.13 bits per heavy atom. The summed E-state index contributed by atoms with van der Waals surface area (Å²) in [7, 11) is 1.85. The van der Waals surface area contributed by atoms with Gasteiger partial charge >= 0.3 is 0 Å². The van der Waals surface area contributed by atoms with Crippen molar-refractivity contribution in [2.24, 2.45) is 5.92 Å². The molecular weight excluding hydrogens is 295 g/mol. The predicted molar refractivity (Wildman–Crippen MR) is 86.8 cm³/mol. The lowest BCUT2D eigenvalue weighted by molar-refractivity contribution is -0.0223. The molecule has 0 unspecified atom stereocenters. The van der Waals surface area contributed by atoms with Gasteiger partial charge in [0, 0.05) is 38.3 Å². The number of aliphatic hydroxyl groups excluding tert-OH is 1. The van der Waals surface area contributed by atoms with E-state index < -0.39 is 0 Å². The molecule has 5 heteroatoms. The number of halogens is 1. The van der Waals surface area contributed by atoms with E-state index in [9.17, 15) is 14.3 Å². The van der Waals surface area contributed by atoms with Crippen LogP contribution in [0.5, 0.6) is 0 Å². The largest absolute Gasteiger partial charge is 0.390 e. The Labute approximate surface area is 136 Å². The summed E-state index contributed by atoms with van der Waals surface area (Å²) in [5, 5.41) is 9.47. The molecule has 0 spiro atoms. The van der Waals surface area contributed by atoms with Crippen molar-refractivity contribution in [1.29, 1.82) is 0 Å². The second-order valence-electron chi connectivity index (χ2n) is 7.01. The first-order chi connectivity index (χ1) is 11.0. The van der Waals surface area contributed by atoms with Crippen LogP contribution >= 0.6 is 0 Å². The first-order valence-electron chi connectivity index (χ1n) is 8.39. The zero-order valence-corrected chi connectivity index (χ0v) is 13.8. The van der Waals surface area contributed by atoms with Crippen LogP contribution in [0.2, 0.25) is 0 Å². The van der Waals surface area contributed by atoms with Crippen LogP contribution in [0.25, 0.3) is 0 Å². The number of β-amino-alcohol motifs (C(OH)–C–C–N with tert-alkyl or cyclic N) is 1. The molecule has 2 fully saturated rings. The van der Waals surface area contributed by atoms with Crippen molar-refractivity contribution in [3.05, 3.63) is 35.1 Å². The number of hydrogen-bond donors (Lipinski definition) is 1. The quantitative estimate of drug-likeness (QED) is 0.903. The zero-order chi connectivity index (χ0) is 16.6. The van der Waals surface area contributed by atoms with Gasteiger partial charge in [0.2, 0.25) is 0 Å². The highest BCUT2D eigenvalue weighted by molar-refractivity contribution is 5.94. The van der Waals surface area contributed by atoms with Crippen LogP contribution in [-0.4, -0.2) is 59.6 Å². The van der Waals surface area contributed by atoms with Gasteiger partial charge in [-0.05, 0) is 49.4 Å². The van der Waals surface area contributed by atoms with Gasteiger partial charge in [-0.2, -0.15) is 0 Å². The van der Waals surface area contributed by atoms with Crippen LogP contribution < -0.4 is 0 Å². The summed E-state index contributed by atoms with van der Waals surface area (Å²) >= 11 is 0. The molecule has 1 saturated carbocycles. The number of carbonyl (C=O) groups is 1. The van der Waals surface area contributed by atoms with Gasteiger partial charge in [0.25, 0.3) is 5.91 Å². The molecule has 0 bridgehead atoms. The molecule has 4 nitrogen and oxygen atoms in total. The molecule has 1 heterocycles.